The lowest BCUT2D eigenvalue weighted by Crippen LogP contribution is -2.40. The monoisotopic (exact) mass is 356 g/mol. The number of hydrogen-bond acceptors (Lipinski definition) is 4. The number of nitrogens with zero attached hydrogens (tertiary/aromatic N) is 1. The number of amides is 1. The van der Waals surface area contributed by atoms with Crippen molar-refractivity contribution in [3.8, 4) is 11.5 Å². The molecule has 2 aromatic carbocycles. The summed E-state index contributed by atoms with van der Waals surface area (Å²) in [5.41, 5.74) is 3.21. The van der Waals surface area contributed by atoms with Crippen LogP contribution in [0, 0.1) is 6.92 Å². The zero-order chi connectivity index (χ0) is 19.1. The molecule has 140 valence electrons. The van der Waals surface area contributed by atoms with E-state index in [4.69, 9.17) is 9.47 Å². The summed E-state index contributed by atoms with van der Waals surface area (Å²) in [6.45, 7) is 6.98. The molecule has 0 aromatic heterocycles. The van der Waals surface area contributed by atoms with Gasteiger partial charge >= 0.3 is 0 Å². The molecule has 26 heavy (non-hydrogen) atoms. The van der Waals surface area contributed by atoms with Gasteiger partial charge in [0.25, 0.3) is 0 Å². The van der Waals surface area contributed by atoms with Crippen molar-refractivity contribution < 1.29 is 14.3 Å². The molecule has 0 saturated carbocycles. The van der Waals surface area contributed by atoms with E-state index in [0.29, 0.717) is 24.6 Å². The van der Waals surface area contributed by atoms with E-state index in [1.165, 1.54) is 5.56 Å². The highest BCUT2D eigenvalue weighted by Gasteiger charge is 2.15. The van der Waals surface area contributed by atoms with Crippen LogP contribution in [0.2, 0.25) is 0 Å². The van der Waals surface area contributed by atoms with Crippen LogP contribution in [0.25, 0.3) is 0 Å². The molecule has 2 aromatic rings. The molecule has 0 unspecified atom stereocenters. The molecule has 1 amide bonds. The van der Waals surface area contributed by atoms with Gasteiger partial charge in [0.15, 0.2) is 11.5 Å². The molecule has 0 aliphatic rings. The van der Waals surface area contributed by atoms with Gasteiger partial charge in [0.2, 0.25) is 5.91 Å². The van der Waals surface area contributed by atoms with Crippen LogP contribution in [0.1, 0.15) is 25.0 Å². The van der Waals surface area contributed by atoms with Crippen LogP contribution >= 0.6 is 0 Å². The fourth-order valence-corrected chi connectivity index (χ4v) is 2.71. The van der Waals surface area contributed by atoms with Crippen LogP contribution in [0.3, 0.4) is 0 Å². The van der Waals surface area contributed by atoms with E-state index in [0.717, 1.165) is 11.3 Å². The summed E-state index contributed by atoms with van der Waals surface area (Å²) < 4.78 is 10.5. The van der Waals surface area contributed by atoms with E-state index in [1.807, 2.05) is 18.2 Å². The fourth-order valence-electron chi connectivity index (χ4n) is 2.71. The molecule has 0 heterocycles. The molecular formula is C21H28N2O3. The lowest BCUT2D eigenvalue weighted by atomic mass is 10.2. The van der Waals surface area contributed by atoms with Crippen LogP contribution in [-0.4, -0.2) is 32.7 Å². The molecule has 5 nitrogen and oxygen atoms in total. The molecule has 0 radical (unpaired) electrons. The number of carbonyl (C=O) groups is 1. The highest BCUT2D eigenvalue weighted by atomic mass is 16.5. The largest absolute Gasteiger partial charge is 0.493 e. The standard InChI is InChI=1S/C21H28N2O3/c1-15(2)23(18-9-6-16(3)7-10-18)14-21(24)22-13-17-8-11-19(25-4)20(12-17)26-5/h6-12,15H,13-14H2,1-5H3,(H,22,24). The van der Waals surface area contributed by atoms with Crippen LogP contribution in [-0.2, 0) is 11.3 Å². The Morgan fingerprint density at radius 3 is 2.27 bits per heavy atom. The second-order valence-electron chi connectivity index (χ2n) is 6.52. The first-order valence-electron chi connectivity index (χ1n) is 8.75. The Morgan fingerprint density at radius 2 is 1.69 bits per heavy atom. The smallest absolute Gasteiger partial charge is 0.239 e. The average molecular weight is 356 g/mol. The zero-order valence-corrected chi connectivity index (χ0v) is 16.2. The van der Waals surface area contributed by atoms with Gasteiger partial charge in [-0.15, -0.1) is 0 Å². The fraction of sp³-hybridized carbons (Fsp3) is 0.381. The highest BCUT2D eigenvalue weighted by Crippen LogP contribution is 2.27. The molecule has 0 bridgehead atoms. The molecule has 0 aliphatic carbocycles. The number of carbonyl (C=O) groups excluding carboxylic acids is 1. The second kappa shape index (κ2) is 9.13. The molecule has 2 rings (SSSR count). The first-order chi connectivity index (χ1) is 12.4. The Bertz CT molecular complexity index is 727. The SMILES string of the molecule is COc1ccc(CNC(=O)CN(c2ccc(C)cc2)C(C)C)cc1OC. The van der Waals surface area contributed by atoms with Gasteiger partial charge in [0, 0.05) is 18.3 Å². The normalized spacial score (nSPS) is 10.5. The maximum atomic E-state index is 12.4. The van der Waals surface area contributed by atoms with Gasteiger partial charge in [-0.2, -0.15) is 0 Å². The van der Waals surface area contributed by atoms with Crippen molar-refractivity contribution in [1.29, 1.82) is 0 Å². The number of hydrogen-bond donors (Lipinski definition) is 1. The van der Waals surface area contributed by atoms with Crippen molar-refractivity contribution in [3.05, 3.63) is 53.6 Å². The van der Waals surface area contributed by atoms with E-state index >= 15 is 0 Å². The number of rotatable bonds is 8. The zero-order valence-electron chi connectivity index (χ0n) is 16.2. The summed E-state index contributed by atoms with van der Waals surface area (Å²) in [4.78, 5) is 14.5. The number of ether oxygens (including phenoxy) is 2. The third kappa shape index (κ3) is 5.15. The van der Waals surface area contributed by atoms with Gasteiger partial charge in [0.05, 0.1) is 20.8 Å². The van der Waals surface area contributed by atoms with Crippen LogP contribution in [0.5, 0.6) is 11.5 Å². The molecule has 0 saturated heterocycles. The van der Waals surface area contributed by atoms with Crippen LogP contribution in [0.4, 0.5) is 5.69 Å². The molecule has 0 aliphatic heterocycles. The van der Waals surface area contributed by atoms with Crippen LogP contribution in [0.15, 0.2) is 42.5 Å². The van der Waals surface area contributed by atoms with Crippen molar-refractivity contribution in [2.24, 2.45) is 0 Å². The lowest BCUT2D eigenvalue weighted by Gasteiger charge is -2.28. The third-order valence-electron chi connectivity index (χ3n) is 4.24. The molecular weight excluding hydrogens is 328 g/mol. The van der Waals surface area contributed by atoms with Crippen molar-refractivity contribution in [2.45, 2.75) is 33.4 Å². The summed E-state index contributed by atoms with van der Waals surface area (Å²) in [7, 11) is 3.20. The van der Waals surface area contributed by atoms with Crippen molar-refractivity contribution in [3.63, 3.8) is 0 Å². The van der Waals surface area contributed by atoms with Crippen molar-refractivity contribution in [1.82, 2.24) is 5.32 Å². The van der Waals surface area contributed by atoms with E-state index in [-0.39, 0.29) is 11.9 Å². The maximum Gasteiger partial charge on any atom is 0.239 e. The number of nitrogens with one attached hydrogen (secondary N) is 1. The topological polar surface area (TPSA) is 50.8 Å². The predicted octanol–water partition coefficient (Wildman–Crippen LogP) is 3.54. The summed E-state index contributed by atoms with van der Waals surface area (Å²) >= 11 is 0. The Labute approximate surface area is 155 Å². The Balaban J connectivity index is 1.99. The van der Waals surface area contributed by atoms with Crippen molar-refractivity contribution >= 4 is 11.6 Å². The summed E-state index contributed by atoms with van der Waals surface area (Å²) in [6, 6.07) is 14.1. The molecule has 0 atom stereocenters. The Kier molecular flexibility index (Phi) is 6.89. The van der Waals surface area contributed by atoms with Crippen LogP contribution < -0.4 is 19.7 Å². The summed E-state index contributed by atoms with van der Waals surface area (Å²) in [6.07, 6.45) is 0. The Morgan fingerprint density at radius 1 is 1.04 bits per heavy atom. The molecule has 1 N–H and O–H groups in total. The third-order valence-corrected chi connectivity index (χ3v) is 4.24. The van der Waals surface area contributed by atoms with Gasteiger partial charge in [-0.3, -0.25) is 4.79 Å². The molecule has 0 spiro atoms. The minimum absolute atomic E-state index is 0.0194. The Hall–Kier alpha value is -2.69. The summed E-state index contributed by atoms with van der Waals surface area (Å²) in [5, 5.41) is 2.98. The van der Waals surface area contributed by atoms with E-state index < -0.39 is 0 Å². The first kappa shape index (κ1) is 19.6. The van der Waals surface area contributed by atoms with Gasteiger partial charge in [-0.05, 0) is 50.6 Å². The van der Waals surface area contributed by atoms with Gasteiger partial charge in [-0.25, -0.2) is 0 Å². The minimum atomic E-state index is -0.0194. The second-order valence-corrected chi connectivity index (χ2v) is 6.52. The quantitative estimate of drug-likeness (QED) is 0.786. The van der Waals surface area contributed by atoms with Gasteiger partial charge in [-0.1, -0.05) is 23.8 Å². The number of anilines is 1. The number of methoxy groups -OCH3 is 2. The molecule has 5 heteroatoms. The van der Waals surface area contributed by atoms with E-state index in [9.17, 15) is 4.79 Å². The predicted molar refractivity (Wildman–Crippen MR) is 105 cm³/mol. The lowest BCUT2D eigenvalue weighted by molar-refractivity contribution is -0.120. The summed E-state index contributed by atoms with van der Waals surface area (Å²) in [5.74, 6) is 1.31. The van der Waals surface area contributed by atoms with E-state index in [1.54, 1.807) is 14.2 Å². The van der Waals surface area contributed by atoms with Gasteiger partial charge < -0.3 is 19.7 Å². The average Bonchev–Trinajstić information content (AvgIpc) is 2.64. The number of benzene rings is 2. The first-order valence-corrected chi connectivity index (χ1v) is 8.75. The van der Waals surface area contributed by atoms with E-state index in [2.05, 4.69) is 55.3 Å². The molecule has 0 fully saturated rings. The minimum Gasteiger partial charge on any atom is -0.493 e. The number of aryl methyl sites for hydroxylation is 1. The van der Waals surface area contributed by atoms with Crippen molar-refractivity contribution in [2.75, 3.05) is 25.7 Å². The maximum absolute atomic E-state index is 12.4. The van der Waals surface area contributed by atoms with Gasteiger partial charge in [0.1, 0.15) is 0 Å². The highest BCUT2D eigenvalue weighted by molar-refractivity contribution is 5.81.